The maximum Gasteiger partial charge on any atom is 0.213 e. The maximum absolute atomic E-state index is 11.1. The first-order valence-electron chi connectivity index (χ1n) is 5.34. The van der Waals surface area contributed by atoms with E-state index >= 15 is 0 Å². The van der Waals surface area contributed by atoms with Crippen LogP contribution in [0.15, 0.2) is 18.3 Å². The Bertz CT molecular complexity index is 351. The highest BCUT2D eigenvalue weighted by molar-refractivity contribution is 5.94. The normalized spacial score (nSPS) is 10.5. The van der Waals surface area contributed by atoms with Crippen LogP contribution in [0.5, 0.6) is 5.88 Å². The minimum atomic E-state index is 0.0283. The zero-order valence-corrected chi connectivity index (χ0v) is 10.1. The van der Waals surface area contributed by atoms with Gasteiger partial charge in [0.1, 0.15) is 0 Å². The highest BCUT2D eigenvalue weighted by Crippen LogP contribution is 2.09. The summed E-state index contributed by atoms with van der Waals surface area (Å²) >= 11 is 0. The molecule has 0 atom stereocenters. The number of nitrogens with zero attached hydrogens (tertiary/aromatic N) is 2. The van der Waals surface area contributed by atoms with E-state index in [9.17, 15) is 4.79 Å². The maximum atomic E-state index is 11.1. The van der Waals surface area contributed by atoms with Gasteiger partial charge in [0.05, 0.1) is 6.61 Å². The Labute approximate surface area is 96.2 Å². The number of ether oxygens (including phenoxy) is 1. The summed E-state index contributed by atoms with van der Waals surface area (Å²) in [5.41, 5.74) is 0.637. The lowest BCUT2D eigenvalue weighted by molar-refractivity contribution is 0.101. The molecule has 1 aromatic heterocycles. The van der Waals surface area contributed by atoms with Crippen LogP contribution in [0.2, 0.25) is 0 Å². The average molecular weight is 222 g/mol. The van der Waals surface area contributed by atoms with E-state index in [-0.39, 0.29) is 5.78 Å². The Morgan fingerprint density at radius 1 is 1.50 bits per heavy atom. The number of ketones is 1. The second-order valence-electron chi connectivity index (χ2n) is 3.94. The van der Waals surface area contributed by atoms with Crippen molar-refractivity contribution in [1.82, 2.24) is 9.88 Å². The number of hydrogen-bond acceptors (Lipinski definition) is 4. The van der Waals surface area contributed by atoms with Gasteiger partial charge in [0.25, 0.3) is 0 Å². The Hall–Kier alpha value is -1.42. The summed E-state index contributed by atoms with van der Waals surface area (Å²) in [5, 5.41) is 0. The van der Waals surface area contributed by atoms with Crippen LogP contribution in [0.4, 0.5) is 0 Å². The van der Waals surface area contributed by atoms with E-state index in [2.05, 4.69) is 9.88 Å². The minimum absolute atomic E-state index is 0.0283. The van der Waals surface area contributed by atoms with E-state index < -0.39 is 0 Å². The van der Waals surface area contributed by atoms with Crippen molar-refractivity contribution < 1.29 is 9.53 Å². The zero-order valence-electron chi connectivity index (χ0n) is 10.1. The van der Waals surface area contributed by atoms with Crippen molar-refractivity contribution in [3.63, 3.8) is 0 Å². The summed E-state index contributed by atoms with van der Waals surface area (Å²) < 4.78 is 5.46. The fraction of sp³-hybridized carbons (Fsp3) is 0.500. The number of carbonyl (C=O) groups is 1. The number of pyridine rings is 1. The van der Waals surface area contributed by atoms with Crippen molar-refractivity contribution in [1.29, 1.82) is 0 Å². The van der Waals surface area contributed by atoms with Crippen LogP contribution >= 0.6 is 0 Å². The van der Waals surface area contributed by atoms with Crippen LogP contribution in [0.3, 0.4) is 0 Å². The van der Waals surface area contributed by atoms with E-state index in [0.717, 1.165) is 13.0 Å². The van der Waals surface area contributed by atoms with E-state index in [1.54, 1.807) is 18.3 Å². The standard InChI is InChI=1S/C12H18N2O2/c1-10(15)11-5-6-13-12(9-11)16-8-4-7-14(2)3/h5-6,9H,4,7-8H2,1-3H3. The number of Topliss-reactive ketones (excluding diaryl/α,β-unsaturated/α-hetero) is 1. The molecular weight excluding hydrogens is 204 g/mol. The fourth-order valence-electron chi connectivity index (χ4n) is 1.26. The third kappa shape index (κ3) is 4.40. The molecule has 1 heterocycles. The number of carbonyl (C=O) groups excluding carboxylic acids is 1. The van der Waals surface area contributed by atoms with Crippen LogP contribution in [-0.4, -0.2) is 42.9 Å². The molecule has 0 N–H and O–H groups in total. The molecule has 16 heavy (non-hydrogen) atoms. The minimum Gasteiger partial charge on any atom is -0.478 e. The van der Waals surface area contributed by atoms with Gasteiger partial charge in [-0.3, -0.25) is 4.79 Å². The van der Waals surface area contributed by atoms with Gasteiger partial charge in [-0.05, 0) is 33.5 Å². The number of hydrogen-bond donors (Lipinski definition) is 0. The average Bonchev–Trinajstić information content (AvgIpc) is 2.24. The molecule has 0 radical (unpaired) electrons. The highest BCUT2D eigenvalue weighted by Gasteiger charge is 2.02. The van der Waals surface area contributed by atoms with Gasteiger partial charge in [0.15, 0.2) is 5.78 Å². The molecule has 4 heteroatoms. The molecule has 0 aliphatic rings. The van der Waals surface area contributed by atoms with E-state index in [4.69, 9.17) is 4.74 Å². The lowest BCUT2D eigenvalue weighted by atomic mass is 10.2. The summed E-state index contributed by atoms with van der Waals surface area (Å²) in [4.78, 5) is 17.3. The molecule has 0 aliphatic heterocycles. The lowest BCUT2D eigenvalue weighted by Crippen LogP contribution is -2.15. The van der Waals surface area contributed by atoms with Gasteiger partial charge in [-0.2, -0.15) is 0 Å². The largest absolute Gasteiger partial charge is 0.478 e. The molecule has 0 unspecified atom stereocenters. The van der Waals surface area contributed by atoms with Crippen molar-refractivity contribution in [3.05, 3.63) is 23.9 Å². The van der Waals surface area contributed by atoms with E-state index in [0.29, 0.717) is 18.1 Å². The summed E-state index contributed by atoms with van der Waals surface area (Å²) in [6, 6.07) is 3.37. The zero-order chi connectivity index (χ0) is 12.0. The Kier molecular flexibility index (Phi) is 4.92. The van der Waals surface area contributed by atoms with Gasteiger partial charge in [-0.25, -0.2) is 4.98 Å². The molecule has 1 aromatic rings. The SMILES string of the molecule is CC(=O)c1ccnc(OCCCN(C)C)c1. The molecule has 0 amide bonds. The molecule has 0 aromatic carbocycles. The summed E-state index contributed by atoms with van der Waals surface area (Å²) in [6.45, 7) is 3.13. The highest BCUT2D eigenvalue weighted by atomic mass is 16.5. The first kappa shape index (κ1) is 12.6. The first-order valence-corrected chi connectivity index (χ1v) is 5.34. The van der Waals surface area contributed by atoms with Crippen molar-refractivity contribution in [2.45, 2.75) is 13.3 Å². The van der Waals surface area contributed by atoms with E-state index in [1.807, 2.05) is 14.1 Å². The molecule has 0 fully saturated rings. The number of rotatable bonds is 6. The Balaban J connectivity index is 2.42. The molecular formula is C12H18N2O2. The molecule has 1 rings (SSSR count). The molecule has 0 spiro atoms. The Morgan fingerprint density at radius 2 is 2.25 bits per heavy atom. The summed E-state index contributed by atoms with van der Waals surface area (Å²) in [5.74, 6) is 0.548. The van der Waals surface area contributed by atoms with Crippen molar-refractivity contribution in [3.8, 4) is 5.88 Å². The molecule has 88 valence electrons. The first-order chi connectivity index (χ1) is 7.59. The van der Waals surface area contributed by atoms with Crippen molar-refractivity contribution in [2.75, 3.05) is 27.2 Å². The topological polar surface area (TPSA) is 42.4 Å². The van der Waals surface area contributed by atoms with Gasteiger partial charge in [0, 0.05) is 24.4 Å². The molecule has 0 aliphatic carbocycles. The number of aromatic nitrogens is 1. The molecule has 0 saturated carbocycles. The van der Waals surface area contributed by atoms with Crippen LogP contribution in [0.25, 0.3) is 0 Å². The Morgan fingerprint density at radius 3 is 2.88 bits per heavy atom. The van der Waals surface area contributed by atoms with Crippen LogP contribution in [-0.2, 0) is 0 Å². The van der Waals surface area contributed by atoms with Gasteiger partial charge < -0.3 is 9.64 Å². The third-order valence-electron chi connectivity index (χ3n) is 2.14. The molecule has 0 saturated heterocycles. The monoisotopic (exact) mass is 222 g/mol. The fourth-order valence-corrected chi connectivity index (χ4v) is 1.26. The lowest BCUT2D eigenvalue weighted by Gasteiger charge is -2.09. The van der Waals surface area contributed by atoms with Gasteiger partial charge in [0.2, 0.25) is 5.88 Å². The predicted octanol–water partition coefficient (Wildman–Crippen LogP) is 1.61. The van der Waals surface area contributed by atoms with Crippen molar-refractivity contribution in [2.24, 2.45) is 0 Å². The van der Waals surface area contributed by atoms with Crippen LogP contribution in [0.1, 0.15) is 23.7 Å². The van der Waals surface area contributed by atoms with Crippen LogP contribution < -0.4 is 4.74 Å². The summed E-state index contributed by atoms with van der Waals surface area (Å²) in [7, 11) is 4.04. The third-order valence-corrected chi connectivity index (χ3v) is 2.14. The molecule has 4 nitrogen and oxygen atoms in total. The van der Waals surface area contributed by atoms with Gasteiger partial charge in [-0.15, -0.1) is 0 Å². The molecule has 0 bridgehead atoms. The smallest absolute Gasteiger partial charge is 0.213 e. The quantitative estimate of drug-likeness (QED) is 0.542. The van der Waals surface area contributed by atoms with Gasteiger partial charge in [-0.1, -0.05) is 0 Å². The second-order valence-corrected chi connectivity index (χ2v) is 3.94. The van der Waals surface area contributed by atoms with Crippen molar-refractivity contribution >= 4 is 5.78 Å². The van der Waals surface area contributed by atoms with Gasteiger partial charge >= 0.3 is 0 Å². The summed E-state index contributed by atoms with van der Waals surface area (Å²) in [6.07, 6.45) is 2.54. The van der Waals surface area contributed by atoms with E-state index in [1.165, 1.54) is 6.92 Å². The predicted molar refractivity (Wildman–Crippen MR) is 62.9 cm³/mol. The second kappa shape index (κ2) is 6.23. The van der Waals surface area contributed by atoms with Crippen LogP contribution in [0, 0.1) is 0 Å².